The molecule has 1 N–H and O–H groups in total. The Morgan fingerprint density at radius 1 is 1.19 bits per heavy atom. The van der Waals surface area contributed by atoms with Crippen LogP contribution in [0.1, 0.15) is 6.92 Å². The fraction of sp³-hybridized carbons (Fsp3) is 0.286. The van der Waals surface area contributed by atoms with Crippen molar-refractivity contribution in [2.75, 3.05) is 25.5 Å². The van der Waals surface area contributed by atoms with Crippen LogP contribution >= 0.6 is 11.6 Å². The predicted molar refractivity (Wildman–Crippen MR) is 114 cm³/mol. The van der Waals surface area contributed by atoms with E-state index < -0.39 is 12.7 Å². The molecule has 0 bridgehead atoms. The van der Waals surface area contributed by atoms with Crippen LogP contribution in [-0.4, -0.2) is 47.8 Å². The molecule has 32 heavy (non-hydrogen) atoms. The molecule has 2 aromatic carbocycles. The third-order valence-electron chi connectivity index (χ3n) is 4.85. The van der Waals surface area contributed by atoms with E-state index in [4.69, 9.17) is 21.1 Å². The number of rotatable bonds is 6. The zero-order valence-corrected chi connectivity index (χ0v) is 17.9. The number of aromatic nitrogens is 2. The van der Waals surface area contributed by atoms with Crippen molar-refractivity contribution in [1.82, 2.24) is 14.9 Å². The third kappa shape index (κ3) is 4.59. The minimum atomic E-state index is -2.98. The minimum absolute atomic E-state index is 0.00808. The fourth-order valence-electron chi connectivity index (χ4n) is 3.32. The number of methoxy groups -OCH3 is 1. The molecule has 0 radical (unpaired) electrons. The van der Waals surface area contributed by atoms with Gasteiger partial charge in [0.25, 0.3) is 0 Å². The van der Waals surface area contributed by atoms with Crippen LogP contribution in [-0.2, 0) is 0 Å². The maximum Gasteiger partial charge on any atom is 0.415 e. The standard InChI is InChI=1S/C21H19ClF2N4O4/c1-11-8-28(9-11)21(29)32-18-6-13-15(7-17(18)30-2)25-10-26-19(13)27-12-3-4-16(14(22)5-12)31-20(23)24/h3-7,10-11,20H,8-9H2,1-2H3,(H,25,26,27). The first-order valence-electron chi connectivity index (χ1n) is 9.65. The molecule has 2 heterocycles. The Labute approximate surface area is 187 Å². The Kier molecular flexibility index (Phi) is 6.13. The summed E-state index contributed by atoms with van der Waals surface area (Å²) in [7, 11) is 1.47. The largest absolute Gasteiger partial charge is 0.493 e. The first kappa shape index (κ1) is 21.8. The topological polar surface area (TPSA) is 85.8 Å². The summed E-state index contributed by atoms with van der Waals surface area (Å²) >= 11 is 6.03. The van der Waals surface area contributed by atoms with E-state index >= 15 is 0 Å². The Balaban J connectivity index is 1.63. The van der Waals surface area contributed by atoms with Gasteiger partial charge in [-0.25, -0.2) is 14.8 Å². The first-order valence-corrected chi connectivity index (χ1v) is 10.0. The second-order valence-electron chi connectivity index (χ2n) is 7.27. The number of fused-ring (bicyclic) bond motifs is 1. The van der Waals surface area contributed by atoms with E-state index in [1.54, 1.807) is 17.0 Å². The van der Waals surface area contributed by atoms with Gasteiger partial charge in [-0.05, 0) is 30.2 Å². The van der Waals surface area contributed by atoms with E-state index in [-0.39, 0.29) is 16.5 Å². The normalized spacial score (nSPS) is 13.8. The number of alkyl halides is 2. The van der Waals surface area contributed by atoms with Gasteiger partial charge in [0.05, 0.1) is 17.6 Å². The van der Waals surface area contributed by atoms with Crippen molar-refractivity contribution in [2.45, 2.75) is 13.5 Å². The summed E-state index contributed by atoms with van der Waals surface area (Å²) in [6, 6.07) is 7.52. The summed E-state index contributed by atoms with van der Waals surface area (Å²) < 4.78 is 40.1. The number of carbonyl (C=O) groups excluding carboxylic acids is 1. The van der Waals surface area contributed by atoms with Gasteiger partial charge in [0.2, 0.25) is 0 Å². The molecule has 0 atom stereocenters. The Bertz CT molecular complexity index is 1160. The highest BCUT2D eigenvalue weighted by atomic mass is 35.5. The molecule has 1 aliphatic heterocycles. The molecule has 4 rings (SSSR count). The van der Waals surface area contributed by atoms with Gasteiger partial charge in [-0.1, -0.05) is 18.5 Å². The minimum Gasteiger partial charge on any atom is -0.493 e. The van der Waals surface area contributed by atoms with Gasteiger partial charge in [-0.3, -0.25) is 0 Å². The van der Waals surface area contributed by atoms with Crippen LogP contribution < -0.4 is 19.5 Å². The van der Waals surface area contributed by atoms with Crippen molar-refractivity contribution < 1.29 is 27.8 Å². The Hall–Kier alpha value is -3.40. The van der Waals surface area contributed by atoms with Gasteiger partial charge in [0.1, 0.15) is 17.9 Å². The van der Waals surface area contributed by atoms with Gasteiger partial charge < -0.3 is 24.4 Å². The van der Waals surface area contributed by atoms with E-state index in [2.05, 4.69) is 20.0 Å². The van der Waals surface area contributed by atoms with Crippen molar-refractivity contribution in [1.29, 1.82) is 0 Å². The molecule has 1 aromatic heterocycles. The molecule has 1 fully saturated rings. The summed E-state index contributed by atoms with van der Waals surface area (Å²) in [5, 5.41) is 3.63. The number of nitrogens with zero attached hydrogens (tertiary/aromatic N) is 3. The van der Waals surface area contributed by atoms with Gasteiger partial charge in [0.15, 0.2) is 11.5 Å². The van der Waals surface area contributed by atoms with Crippen LogP contribution in [0, 0.1) is 5.92 Å². The van der Waals surface area contributed by atoms with E-state index in [1.165, 1.54) is 31.6 Å². The molecule has 0 spiro atoms. The van der Waals surface area contributed by atoms with E-state index in [0.29, 0.717) is 47.2 Å². The smallest absolute Gasteiger partial charge is 0.415 e. The molecule has 11 heteroatoms. The molecular weight excluding hydrogens is 446 g/mol. The highest BCUT2D eigenvalue weighted by Crippen LogP contribution is 2.36. The highest BCUT2D eigenvalue weighted by Gasteiger charge is 2.29. The van der Waals surface area contributed by atoms with Gasteiger partial charge in [-0.2, -0.15) is 8.78 Å². The van der Waals surface area contributed by atoms with Gasteiger partial charge >= 0.3 is 12.7 Å². The molecule has 1 saturated heterocycles. The quantitative estimate of drug-likeness (QED) is 0.544. The number of likely N-dealkylation sites (tertiary alicyclic amines) is 1. The van der Waals surface area contributed by atoms with Crippen LogP contribution in [0.5, 0.6) is 17.2 Å². The summed E-state index contributed by atoms with van der Waals surface area (Å²) in [6.07, 6.45) is 0.890. The fourth-order valence-corrected chi connectivity index (χ4v) is 3.54. The van der Waals surface area contributed by atoms with Crippen molar-refractivity contribution in [3.8, 4) is 17.2 Å². The van der Waals surface area contributed by atoms with Crippen LogP contribution in [0.25, 0.3) is 10.9 Å². The summed E-state index contributed by atoms with van der Waals surface area (Å²) in [6.45, 7) is 0.342. The molecule has 1 aliphatic rings. The number of anilines is 2. The number of amides is 1. The van der Waals surface area contributed by atoms with Crippen molar-refractivity contribution in [3.05, 3.63) is 41.7 Å². The van der Waals surface area contributed by atoms with E-state index in [1.807, 2.05) is 6.92 Å². The molecule has 0 saturated carbocycles. The third-order valence-corrected chi connectivity index (χ3v) is 5.15. The zero-order chi connectivity index (χ0) is 22.8. The molecule has 3 aromatic rings. The first-order chi connectivity index (χ1) is 15.3. The average molecular weight is 465 g/mol. The van der Waals surface area contributed by atoms with Crippen molar-refractivity contribution in [3.63, 3.8) is 0 Å². The van der Waals surface area contributed by atoms with Crippen LogP contribution in [0.4, 0.5) is 25.1 Å². The monoisotopic (exact) mass is 464 g/mol. The van der Waals surface area contributed by atoms with Crippen molar-refractivity contribution in [2.24, 2.45) is 5.92 Å². The lowest BCUT2D eigenvalue weighted by atomic mass is 10.0. The lowest BCUT2D eigenvalue weighted by Gasteiger charge is -2.35. The number of benzene rings is 2. The summed E-state index contributed by atoms with van der Waals surface area (Å²) in [5.74, 6) is 1.27. The van der Waals surface area contributed by atoms with Crippen LogP contribution in [0.15, 0.2) is 36.7 Å². The summed E-state index contributed by atoms with van der Waals surface area (Å²) in [4.78, 5) is 22.5. The Morgan fingerprint density at radius 3 is 2.62 bits per heavy atom. The van der Waals surface area contributed by atoms with Crippen LogP contribution in [0.2, 0.25) is 5.02 Å². The van der Waals surface area contributed by atoms with Crippen LogP contribution in [0.3, 0.4) is 0 Å². The molecule has 1 amide bonds. The average Bonchev–Trinajstić information content (AvgIpc) is 2.73. The number of halogens is 3. The molecule has 168 valence electrons. The maximum absolute atomic E-state index is 12.4. The molecule has 0 unspecified atom stereocenters. The van der Waals surface area contributed by atoms with Crippen molar-refractivity contribution >= 4 is 40.1 Å². The van der Waals surface area contributed by atoms with Gasteiger partial charge in [0, 0.05) is 30.2 Å². The molecule has 0 aliphatic carbocycles. The number of hydrogen-bond donors (Lipinski definition) is 1. The highest BCUT2D eigenvalue weighted by molar-refractivity contribution is 6.32. The SMILES string of the molecule is COc1cc2ncnc(Nc3ccc(OC(F)F)c(Cl)c3)c2cc1OC(=O)N1CC(C)C1. The Morgan fingerprint density at radius 2 is 1.97 bits per heavy atom. The number of nitrogens with one attached hydrogen (secondary N) is 1. The molecule has 8 nitrogen and oxygen atoms in total. The zero-order valence-electron chi connectivity index (χ0n) is 17.1. The lowest BCUT2D eigenvalue weighted by molar-refractivity contribution is -0.0497. The lowest BCUT2D eigenvalue weighted by Crippen LogP contribution is -2.49. The van der Waals surface area contributed by atoms with E-state index in [9.17, 15) is 13.6 Å². The maximum atomic E-state index is 12.4. The van der Waals surface area contributed by atoms with Gasteiger partial charge in [-0.15, -0.1) is 0 Å². The number of hydrogen-bond acceptors (Lipinski definition) is 7. The number of ether oxygens (including phenoxy) is 3. The summed E-state index contributed by atoms with van der Waals surface area (Å²) in [5.41, 5.74) is 1.03. The second kappa shape index (κ2) is 8.99. The number of carbonyl (C=O) groups is 1. The van der Waals surface area contributed by atoms with E-state index in [0.717, 1.165) is 0 Å². The second-order valence-corrected chi connectivity index (χ2v) is 7.68. The predicted octanol–water partition coefficient (Wildman–Crippen LogP) is 5.09. The molecular formula is C21H19ClF2N4O4.